The molecule has 0 aliphatic carbocycles. The Kier molecular flexibility index (Phi) is 7.04. The van der Waals surface area contributed by atoms with Crippen molar-refractivity contribution in [3.05, 3.63) is 54.6 Å². The summed E-state index contributed by atoms with van der Waals surface area (Å²) in [5.74, 6) is -0.213. The lowest BCUT2D eigenvalue weighted by Crippen LogP contribution is -2.29. The summed E-state index contributed by atoms with van der Waals surface area (Å²) in [5, 5.41) is 10.1. The number of esters is 1. The molecular weight excluding hydrogens is 322 g/mol. The van der Waals surface area contributed by atoms with Gasteiger partial charge in [0.25, 0.3) is 0 Å². The summed E-state index contributed by atoms with van der Waals surface area (Å²) in [6.45, 7) is 0.614. The zero-order valence-electron chi connectivity index (χ0n) is 13.5. The minimum atomic E-state index is -0.213. The first kappa shape index (κ1) is 17.7. The van der Waals surface area contributed by atoms with Gasteiger partial charge in [-0.25, -0.2) is 0 Å². The largest absolute Gasteiger partial charge is 0.469 e. The summed E-state index contributed by atoms with van der Waals surface area (Å²) in [6, 6.07) is 17.8. The number of hydrogen-bond acceptors (Lipinski definition) is 4. The molecule has 0 unspecified atom stereocenters. The lowest BCUT2D eigenvalue weighted by molar-refractivity contribution is -0.140. The van der Waals surface area contributed by atoms with Crippen LogP contribution >= 0.6 is 12.2 Å². The summed E-state index contributed by atoms with van der Waals surface area (Å²) >= 11 is 5.26. The molecule has 0 radical (unpaired) electrons. The molecule has 0 aromatic heterocycles. The average molecular weight is 343 g/mol. The van der Waals surface area contributed by atoms with Crippen molar-refractivity contribution in [3.63, 3.8) is 0 Å². The number of para-hydroxylation sites is 1. The molecule has 0 saturated carbocycles. The second-order valence-corrected chi connectivity index (χ2v) is 5.54. The first-order valence-electron chi connectivity index (χ1n) is 7.71. The van der Waals surface area contributed by atoms with E-state index in [2.05, 4.69) is 20.7 Å². The minimum absolute atomic E-state index is 0.213. The predicted molar refractivity (Wildman–Crippen MR) is 102 cm³/mol. The molecule has 0 bridgehead atoms. The van der Waals surface area contributed by atoms with E-state index in [4.69, 9.17) is 12.2 Å². The molecular formula is C18H21N3O2S. The molecule has 5 nitrogen and oxygen atoms in total. The molecule has 2 aromatic rings. The third kappa shape index (κ3) is 6.26. The quantitative estimate of drug-likeness (QED) is 0.405. The molecule has 0 saturated heterocycles. The fourth-order valence-electron chi connectivity index (χ4n) is 2.07. The number of benzene rings is 2. The van der Waals surface area contributed by atoms with Gasteiger partial charge in [0.15, 0.2) is 5.11 Å². The van der Waals surface area contributed by atoms with Crippen LogP contribution in [-0.2, 0) is 9.53 Å². The summed E-state index contributed by atoms with van der Waals surface area (Å²) in [6.07, 6.45) is 1.05. The number of hydrogen-bond donors (Lipinski definition) is 3. The van der Waals surface area contributed by atoms with E-state index in [1.54, 1.807) is 0 Å². The van der Waals surface area contributed by atoms with E-state index < -0.39 is 0 Å². The normalized spacial score (nSPS) is 9.88. The molecule has 3 N–H and O–H groups in total. The highest BCUT2D eigenvalue weighted by molar-refractivity contribution is 7.80. The van der Waals surface area contributed by atoms with E-state index in [-0.39, 0.29) is 5.97 Å². The number of rotatable bonds is 7. The van der Waals surface area contributed by atoms with Crippen LogP contribution in [0, 0.1) is 0 Å². The fraction of sp³-hybridized carbons (Fsp3) is 0.222. The Morgan fingerprint density at radius 1 is 1.04 bits per heavy atom. The van der Waals surface area contributed by atoms with Crippen LogP contribution in [0.5, 0.6) is 0 Å². The van der Waals surface area contributed by atoms with Crippen molar-refractivity contribution in [1.82, 2.24) is 5.32 Å². The second-order valence-electron chi connectivity index (χ2n) is 5.13. The van der Waals surface area contributed by atoms with Crippen LogP contribution < -0.4 is 16.0 Å². The SMILES string of the molecule is COC(=O)CCCNC(=S)Nc1cccc(Nc2ccccc2)c1. The summed E-state index contributed by atoms with van der Waals surface area (Å²) in [4.78, 5) is 11.0. The third-order valence-electron chi connectivity index (χ3n) is 3.25. The van der Waals surface area contributed by atoms with Gasteiger partial charge in [-0.2, -0.15) is 0 Å². The summed E-state index contributed by atoms with van der Waals surface area (Å²) in [7, 11) is 1.39. The van der Waals surface area contributed by atoms with Crippen molar-refractivity contribution in [2.75, 3.05) is 24.3 Å². The van der Waals surface area contributed by atoms with Crippen molar-refractivity contribution in [3.8, 4) is 0 Å². The van der Waals surface area contributed by atoms with Gasteiger partial charge in [0, 0.05) is 30.0 Å². The number of nitrogens with one attached hydrogen (secondary N) is 3. The maximum absolute atomic E-state index is 11.0. The van der Waals surface area contributed by atoms with Gasteiger partial charge in [0.1, 0.15) is 0 Å². The predicted octanol–water partition coefficient (Wildman–Crippen LogP) is 3.67. The molecule has 0 aliphatic heterocycles. The highest BCUT2D eigenvalue weighted by atomic mass is 32.1. The van der Waals surface area contributed by atoms with Crippen molar-refractivity contribution < 1.29 is 9.53 Å². The van der Waals surface area contributed by atoms with E-state index >= 15 is 0 Å². The van der Waals surface area contributed by atoms with Gasteiger partial charge in [-0.15, -0.1) is 0 Å². The molecule has 0 spiro atoms. The van der Waals surface area contributed by atoms with Gasteiger partial charge in [0.2, 0.25) is 0 Å². The molecule has 0 fully saturated rings. The molecule has 2 aromatic carbocycles. The maximum atomic E-state index is 11.0. The number of methoxy groups -OCH3 is 1. The highest BCUT2D eigenvalue weighted by Gasteiger charge is 2.02. The van der Waals surface area contributed by atoms with Gasteiger partial charge < -0.3 is 20.7 Å². The number of carbonyl (C=O) groups excluding carboxylic acids is 1. The second kappa shape index (κ2) is 9.52. The Morgan fingerprint density at radius 2 is 1.75 bits per heavy atom. The fourth-order valence-corrected chi connectivity index (χ4v) is 2.29. The van der Waals surface area contributed by atoms with Gasteiger partial charge >= 0.3 is 5.97 Å². The van der Waals surface area contributed by atoms with Crippen molar-refractivity contribution in [2.45, 2.75) is 12.8 Å². The van der Waals surface area contributed by atoms with E-state index in [1.165, 1.54) is 7.11 Å². The standard InChI is InChI=1S/C18H21N3O2S/c1-23-17(22)11-6-12-19-18(24)21-16-10-5-9-15(13-16)20-14-7-3-2-4-8-14/h2-5,7-10,13,20H,6,11-12H2,1H3,(H2,19,21,24). The van der Waals surface area contributed by atoms with Crippen LogP contribution in [0.15, 0.2) is 54.6 Å². The average Bonchev–Trinajstić information content (AvgIpc) is 2.59. The van der Waals surface area contributed by atoms with Crippen molar-refractivity contribution in [2.24, 2.45) is 0 Å². The van der Waals surface area contributed by atoms with E-state index in [0.29, 0.717) is 24.5 Å². The first-order chi connectivity index (χ1) is 11.7. The van der Waals surface area contributed by atoms with Crippen LogP contribution in [0.25, 0.3) is 0 Å². The number of ether oxygens (including phenoxy) is 1. The molecule has 126 valence electrons. The van der Waals surface area contributed by atoms with Crippen LogP contribution in [-0.4, -0.2) is 24.7 Å². The summed E-state index contributed by atoms with van der Waals surface area (Å²) < 4.78 is 4.59. The zero-order chi connectivity index (χ0) is 17.2. The van der Waals surface area contributed by atoms with Crippen molar-refractivity contribution >= 4 is 40.4 Å². The Hall–Kier alpha value is -2.60. The molecule has 0 atom stereocenters. The number of anilines is 3. The Balaban J connectivity index is 1.81. The molecule has 0 amide bonds. The molecule has 6 heteroatoms. The van der Waals surface area contributed by atoms with Gasteiger partial charge in [-0.3, -0.25) is 4.79 Å². The Labute approximate surface area is 147 Å². The van der Waals surface area contributed by atoms with E-state index in [9.17, 15) is 4.79 Å². The number of carbonyl (C=O) groups is 1. The van der Waals surface area contributed by atoms with Gasteiger partial charge in [-0.05, 0) is 49.0 Å². The Morgan fingerprint density at radius 3 is 2.50 bits per heavy atom. The monoisotopic (exact) mass is 343 g/mol. The molecule has 2 rings (SSSR count). The van der Waals surface area contributed by atoms with E-state index in [0.717, 1.165) is 17.1 Å². The van der Waals surface area contributed by atoms with Crippen LogP contribution in [0.2, 0.25) is 0 Å². The van der Waals surface area contributed by atoms with Crippen LogP contribution in [0.1, 0.15) is 12.8 Å². The number of thiocarbonyl (C=S) groups is 1. The molecule has 0 heterocycles. The minimum Gasteiger partial charge on any atom is -0.469 e. The lowest BCUT2D eigenvalue weighted by Gasteiger charge is -2.12. The summed E-state index contributed by atoms with van der Waals surface area (Å²) in [5.41, 5.74) is 2.89. The lowest BCUT2D eigenvalue weighted by atomic mass is 10.2. The first-order valence-corrected chi connectivity index (χ1v) is 8.12. The third-order valence-corrected chi connectivity index (χ3v) is 3.50. The smallest absolute Gasteiger partial charge is 0.305 e. The van der Waals surface area contributed by atoms with Crippen LogP contribution in [0.3, 0.4) is 0 Å². The molecule has 0 aliphatic rings. The Bertz CT molecular complexity index is 677. The highest BCUT2D eigenvalue weighted by Crippen LogP contribution is 2.19. The van der Waals surface area contributed by atoms with Gasteiger partial charge in [0.05, 0.1) is 7.11 Å². The zero-order valence-corrected chi connectivity index (χ0v) is 14.4. The van der Waals surface area contributed by atoms with Gasteiger partial charge in [-0.1, -0.05) is 24.3 Å². The topological polar surface area (TPSA) is 62.4 Å². The van der Waals surface area contributed by atoms with Crippen LogP contribution in [0.4, 0.5) is 17.1 Å². The van der Waals surface area contributed by atoms with E-state index in [1.807, 2.05) is 54.6 Å². The van der Waals surface area contributed by atoms with Crippen molar-refractivity contribution in [1.29, 1.82) is 0 Å². The maximum Gasteiger partial charge on any atom is 0.305 e. The molecule has 24 heavy (non-hydrogen) atoms.